The van der Waals surface area contributed by atoms with Crippen molar-refractivity contribution in [1.29, 1.82) is 0 Å². The highest BCUT2D eigenvalue weighted by Gasteiger charge is 2.21. The number of fused-ring (bicyclic) bond motifs is 1. The van der Waals surface area contributed by atoms with E-state index in [0.29, 0.717) is 10.8 Å². The molecule has 2 N–H and O–H groups in total. The highest BCUT2D eigenvalue weighted by Crippen LogP contribution is 2.32. The second-order valence-electron chi connectivity index (χ2n) is 7.57. The number of amides is 2. The molecule has 7 heteroatoms. The molecule has 1 aliphatic rings. The first-order chi connectivity index (χ1) is 13.8. The van der Waals surface area contributed by atoms with Crippen LogP contribution in [0.5, 0.6) is 0 Å². The molecule has 154 valence electrons. The topological polar surface area (TPSA) is 84.5 Å². The number of hydrogen-bond acceptors (Lipinski definition) is 5. The smallest absolute Gasteiger partial charge is 0.348 e. The molecule has 0 bridgehead atoms. The van der Waals surface area contributed by atoms with E-state index < -0.39 is 18.5 Å². The molecule has 2 amide bonds. The van der Waals surface area contributed by atoms with Gasteiger partial charge in [-0.2, -0.15) is 0 Å². The zero-order valence-electron chi connectivity index (χ0n) is 17.0. The molecule has 1 heterocycles. The Labute approximate surface area is 174 Å². The van der Waals surface area contributed by atoms with Crippen molar-refractivity contribution in [2.24, 2.45) is 5.92 Å². The van der Waals surface area contributed by atoms with Crippen LogP contribution < -0.4 is 10.6 Å². The average Bonchev–Trinajstić information content (AvgIpc) is 3.10. The lowest BCUT2D eigenvalue weighted by Crippen LogP contribution is -2.35. The van der Waals surface area contributed by atoms with Crippen molar-refractivity contribution in [3.05, 3.63) is 50.7 Å². The molecular formula is C22H26N2O4S. The third kappa shape index (κ3) is 5.44. The van der Waals surface area contributed by atoms with E-state index in [1.807, 2.05) is 38.1 Å². The van der Waals surface area contributed by atoms with Crippen LogP contribution in [0.3, 0.4) is 0 Å². The van der Waals surface area contributed by atoms with Gasteiger partial charge >= 0.3 is 5.97 Å². The largest absolute Gasteiger partial charge is 0.451 e. The molecular weight excluding hydrogens is 388 g/mol. The Morgan fingerprint density at radius 1 is 1.17 bits per heavy atom. The van der Waals surface area contributed by atoms with E-state index in [2.05, 4.69) is 17.6 Å². The SMILES string of the molecule is Cc1cccc(C)c1NC(=O)CNC(=O)COC(=O)c1cc2c(s1)CC[C@H](C)C2. The van der Waals surface area contributed by atoms with Crippen LogP contribution in [0.2, 0.25) is 0 Å². The third-order valence-electron chi connectivity index (χ3n) is 5.06. The zero-order valence-corrected chi connectivity index (χ0v) is 17.8. The quantitative estimate of drug-likeness (QED) is 0.710. The van der Waals surface area contributed by atoms with Crippen molar-refractivity contribution in [2.75, 3.05) is 18.5 Å². The number of hydrogen-bond donors (Lipinski definition) is 2. The number of ether oxygens (including phenoxy) is 1. The number of nitrogens with one attached hydrogen (secondary N) is 2. The van der Waals surface area contributed by atoms with E-state index in [9.17, 15) is 14.4 Å². The number of esters is 1. The molecule has 29 heavy (non-hydrogen) atoms. The minimum atomic E-state index is -0.509. The van der Waals surface area contributed by atoms with Gasteiger partial charge in [0.2, 0.25) is 5.91 Å². The van der Waals surface area contributed by atoms with Gasteiger partial charge in [-0.1, -0.05) is 25.1 Å². The molecule has 6 nitrogen and oxygen atoms in total. The van der Waals surface area contributed by atoms with Gasteiger partial charge in [-0.25, -0.2) is 4.79 Å². The maximum atomic E-state index is 12.2. The molecule has 1 atom stereocenters. The summed E-state index contributed by atoms with van der Waals surface area (Å²) in [5.74, 6) is -0.708. The number of para-hydroxylation sites is 1. The van der Waals surface area contributed by atoms with Gasteiger partial charge in [-0.05, 0) is 61.8 Å². The third-order valence-corrected chi connectivity index (χ3v) is 6.27. The summed E-state index contributed by atoms with van der Waals surface area (Å²) in [6.07, 6.45) is 3.11. The van der Waals surface area contributed by atoms with Crippen LogP contribution in [0.1, 0.15) is 44.6 Å². The van der Waals surface area contributed by atoms with Crippen LogP contribution in [-0.4, -0.2) is 30.9 Å². The van der Waals surface area contributed by atoms with E-state index in [-0.39, 0.29) is 12.5 Å². The normalized spacial score (nSPS) is 15.3. The zero-order chi connectivity index (χ0) is 21.0. The molecule has 0 saturated heterocycles. The molecule has 0 fully saturated rings. The summed E-state index contributed by atoms with van der Waals surface area (Å²) in [7, 11) is 0. The fraction of sp³-hybridized carbons (Fsp3) is 0.409. The Morgan fingerprint density at radius 3 is 2.62 bits per heavy atom. The lowest BCUT2D eigenvalue weighted by atomic mass is 9.90. The lowest BCUT2D eigenvalue weighted by molar-refractivity contribution is -0.126. The number of benzene rings is 1. The van der Waals surface area contributed by atoms with Crippen LogP contribution in [0, 0.1) is 19.8 Å². The minimum Gasteiger partial charge on any atom is -0.451 e. The standard InChI is InChI=1S/C22H26N2O4S/c1-13-7-8-17-16(9-13)10-18(29-17)22(27)28-12-20(26)23-11-19(25)24-21-14(2)5-4-6-15(21)3/h4-6,10,13H,7-9,11-12H2,1-3H3,(H,23,26)(H,24,25)/t13-/m0/s1. The summed E-state index contributed by atoms with van der Waals surface area (Å²) in [6, 6.07) is 7.61. The summed E-state index contributed by atoms with van der Waals surface area (Å²) >= 11 is 1.45. The van der Waals surface area contributed by atoms with Gasteiger partial charge in [0, 0.05) is 10.6 Å². The number of thiophene rings is 1. The summed E-state index contributed by atoms with van der Waals surface area (Å²) in [6.45, 7) is 5.43. The van der Waals surface area contributed by atoms with Gasteiger partial charge in [0.25, 0.3) is 5.91 Å². The summed E-state index contributed by atoms with van der Waals surface area (Å²) in [5, 5.41) is 5.27. The molecule has 3 rings (SSSR count). The Balaban J connectivity index is 1.44. The highest BCUT2D eigenvalue weighted by atomic mass is 32.1. The number of carbonyl (C=O) groups is 3. The van der Waals surface area contributed by atoms with Gasteiger partial charge in [0.05, 0.1) is 6.54 Å². The average molecular weight is 415 g/mol. The number of carbonyl (C=O) groups excluding carboxylic acids is 3. The van der Waals surface area contributed by atoms with Crippen molar-refractivity contribution in [2.45, 2.75) is 40.0 Å². The van der Waals surface area contributed by atoms with Crippen LogP contribution in [0.15, 0.2) is 24.3 Å². The predicted octanol–water partition coefficient (Wildman–Crippen LogP) is 3.40. The first kappa shape index (κ1) is 21.0. The number of rotatable bonds is 6. The van der Waals surface area contributed by atoms with E-state index >= 15 is 0 Å². The van der Waals surface area contributed by atoms with Crippen LogP contribution >= 0.6 is 11.3 Å². The van der Waals surface area contributed by atoms with Gasteiger partial charge in [0.1, 0.15) is 4.88 Å². The van der Waals surface area contributed by atoms with E-state index in [4.69, 9.17) is 4.74 Å². The number of aryl methyl sites for hydroxylation is 3. The predicted molar refractivity (Wildman–Crippen MR) is 113 cm³/mol. The first-order valence-corrected chi connectivity index (χ1v) is 10.6. The maximum Gasteiger partial charge on any atom is 0.348 e. The first-order valence-electron chi connectivity index (χ1n) is 9.75. The molecule has 2 aromatic rings. The molecule has 0 spiro atoms. The van der Waals surface area contributed by atoms with Gasteiger partial charge in [0.15, 0.2) is 6.61 Å². The Morgan fingerprint density at radius 2 is 1.90 bits per heavy atom. The van der Waals surface area contributed by atoms with Crippen LogP contribution in [0.4, 0.5) is 5.69 Å². The monoisotopic (exact) mass is 414 g/mol. The van der Waals surface area contributed by atoms with Crippen molar-refractivity contribution in [3.63, 3.8) is 0 Å². The molecule has 0 aliphatic heterocycles. The minimum absolute atomic E-state index is 0.185. The fourth-order valence-corrected chi connectivity index (χ4v) is 4.54. The van der Waals surface area contributed by atoms with Gasteiger partial charge in [-0.3, -0.25) is 9.59 Å². The summed E-state index contributed by atoms with van der Waals surface area (Å²) in [4.78, 5) is 38.0. The summed E-state index contributed by atoms with van der Waals surface area (Å²) in [5.41, 5.74) is 3.86. The van der Waals surface area contributed by atoms with Crippen LogP contribution in [-0.2, 0) is 27.2 Å². The van der Waals surface area contributed by atoms with Crippen molar-refractivity contribution < 1.29 is 19.1 Å². The molecule has 0 radical (unpaired) electrons. The van der Waals surface area contributed by atoms with Crippen molar-refractivity contribution in [1.82, 2.24) is 5.32 Å². The Kier molecular flexibility index (Phi) is 6.69. The maximum absolute atomic E-state index is 12.2. The van der Waals surface area contributed by atoms with Gasteiger partial charge < -0.3 is 15.4 Å². The Bertz CT molecular complexity index is 915. The highest BCUT2D eigenvalue weighted by molar-refractivity contribution is 7.14. The second-order valence-corrected chi connectivity index (χ2v) is 8.71. The molecule has 0 saturated carbocycles. The van der Waals surface area contributed by atoms with Crippen molar-refractivity contribution in [3.8, 4) is 0 Å². The molecule has 1 aromatic carbocycles. The molecule has 0 unspecified atom stereocenters. The Hall–Kier alpha value is -2.67. The lowest BCUT2D eigenvalue weighted by Gasteiger charge is -2.16. The van der Waals surface area contributed by atoms with E-state index in [0.717, 1.165) is 36.1 Å². The van der Waals surface area contributed by atoms with E-state index in [1.54, 1.807) is 0 Å². The number of anilines is 1. The fourth-order valence-electron chi connectivity index (χ4n) is 3.43. The van der Waals surface area contributed by atoms with Gasteiger partial charge in [-0.15, -0.1) is 11.3 Å². The molecule has 1 aromatic heterocycles. The van der Waals surface area contributed by atoms with Crippen LogP contribution in [0.25, 0.3) is 0 Å². The van der Waals surface area contributed by atoms with Crippen molar-refractivity contribution >= 4 is 34.8 Å². The summed E-state index contributed by atoms with van der Waals surface area (Å²) < 4.78 is 5.11. The second kappa shape index (κ2) is 9.22. The van der Waals surface area contributed by atoms with E-state index in [1.165, 1.54) is 21.8 Å². The molecule has 1 aliphatic carbocycles.